The van der Waals surface area contributed by atoms with E-state index in [0.29, 0.717) is 16.7 Å². The number of rotatable bonds is 10. The minimum absolute atomic E-state index is 0.00525. The molecule has 0 fully saturated rings. The van der Waals surface area contributed by atoms with Gasteiger partial charge in [0.25, 0.3) is 5.91 Å². The van der Waals surface area contributed by atoms with E-state index in [2.05, 4.69) is 5.32 Å². The van der Waals surface area contributed by atoms with Crippen molar-refractivity contribution in [3.8, 4) is 0 Å². The predicted octanol–water partition coefficient (Wildman–Crippen LogP) is 5.39. The highest BCUT2D eigenvalue weighted by Gasteiger charge is 2.53. The van der Waals surface area contributed by atoms with Gasteiger partial charge in [-0.15, -0.1) is 0 Å². The number of nitrogens with one attached hydrogen (secondary N) is 1. The number of hydrogen-bond acceptors (Lipinski definition) is 6. The molecule has 3 unspecified atom stereocenters. The number of nitrogens with zero attached hydrogens (tertiary/aromatic N) is 1. The average molecular weight is 619 g/mol. The first kappa shape index (κ1) is 32.2. The van der Waals surface area contributed by atoms with Crippen molar-refractivity contribution in [1.82, 2.24) is 4.90 Å². The highest BCUT2D eigenvalue weighted by molar-refractivity contribution is 7.90. The summed E-state index contributed by atoms with van der Waals surface area (Å²) in [6, 6.07) is 16.9. The summed E-state index contributed by atoms with van der Waals surface area (Å²) in [6.45, 7) is 2.46. The molecular formula is C31H33F3N2O6S. The number of amides is 2. The van der Waals surface area contributed by atoms with Crippen LogP contribution in [0.3, 0.4) is 0 Å². The Balaban J connectivity index is 1.60. The first-order chi connectivity index (χ1) is 20.2. The van der Waals surface area contributed by atoms with Crippen LogP contribution in [-0.4, -0.2) is 51.3 Å². The van der Waals surface area contributed by atoms with Crippen molar-refractivity contribution in [3.63, 3.8) is 0 Å². The van der Waals surface area contributed by atoms with E-state index in [9.17, 15) is 31.2 Å². The molecule has 1 heterocycles. The molecule has 3 aromatic carbocycles. The van der Waals surface area contributed by atoms with Crippen molar-refractivity contribution in [2.75, 3.05) is 25.3 Å². The number of halogens is 3. The summed E-state index contributed by atoms with van der Waals surface area (Å²) >= 11 is 0. The maximum atomic E-state index is 14.2. The summed E-state index contributed by atoms with van der Waals surface area (Å²) in [5.41, 5.74) is -1.01. The smallest absolute Gasteiger partial charge is 0.384 e. The molecule has 0 spiro atoms. The van der Waals surface area contributed by atoms with Gasteiger partial charge in [-0.2, -0.15) is 13.2 Å². The summed E-state index contributed by atoms with van der Waals surface area (Å²) in [6.07, 6.45) is -3.66. The van der Waals surface area contributed by atoms with Crippen LogP contribution in [-0.2, 0) is 47.7 Å². The van der Waals surface area contributed by atoms with Crippen LogP contribution in [0, 0.1) is 5.92 Å². The molecule has 0 saturated carbocycles. The number of anilines is 1. The number of carbonyl (C=O) groups excluding carboxylic acids is 2. The Morgan fingerprint density at radius 1 is 1.05 bits per heavy atom. The lowest BCUT2D eigenvalue weighted by Crippen LogP contribution is -2.42. The van der Waals surface area contributed by atoms with Gasteiger partial charge >= 0.3 is 6.18 Å². The minimum atomic E-state index is -4.73. The van der Waals surface area contributed by atoms with Gasteiger partial charge in [-0.3, -0.25) is 9.59 Å². The van der Waals surface area contributed by atoms with Crippen LogP contribution in [0.15, 0.2) is 77.7 Å². The van der Waals surface area contributed by atoms with Gasteiger partial charge in [-0.25, -0.2) is 8.42 Å². The minimum Gasteiger partial charge on any atom is -0.384 e. The second-order valence-corrected chi connectivity index (χ2v) is 12.7. The molecule has 1 N–H and O–H groups in total. The van der Waals surface area contributed by atoms with Gasteiger partial charge in [0.05, 0.1) is 24.0 Å². The number of ether oxygens (including phenoxy) is 2. The summed E-state index contributed by atoms with van der Waals surface area (Å²) in [7, 11) is -2.08. The van der Waals surface area contributed by atoms with E-state index in [0.717, 1.165) is 13.2 Å². The summed E-state index contributed by atoms with van der Waals surface area (Å²) in [5, 5.41) is 2.70. The monoisotopic (exact) mass is 618 g/mol. The number of benzene rings is 3. The lowest BCUT2D eigenvalue weighted by atomic mass is 9.94. The lowest BCUT2D eigenvalue weighted by molar-refractivity contribution is -0.281. The fourth-order valence-corrected chi connectivity index (χ4v) is 5.64. The van der Waals surface area contributed by atoms with Gasteiger partial charge in [0.2, 0.25) is 5.91 Å². The van der Waals surface area contributed by atoms with Crippen LogP contribution < -0.4 is 5.32 Å². The van der Waals surface area contributed by atoms with Crippen LogP contribution in [0.1, 0.15) is 42.1 Å². The highest BCUT2D eigenvalue weighted by Crippen LogP contribution is 2.43. The van der Waals surface area contributed by atoms with E-state index >= 15 is 0 Å². The van der Waals surface area contributed by atoms with Crippen LogP contribution in [0.4, 0.5) is 18.9 Å². The molecule has 0 saturated heterocycles. The van der Waals surface area contributed by atoms with E-state index in [1.807, 2.05) is 0 Å². The number of carbonyl (C=O) groups is 2. The Bertz CT molecular complexity index is 1580. The van der Waals surface area contributed by atoms with Crippen molar-refractivity contribution in [2.45, 2.75) is 49.7 Å². The number of methoxy groups -OCH3 is 1. The molecule has 230 valence electrons. The third-order valence-electron chi connectivity index (χ3n) is 7.47. The Morgan fingerprint density at radius 3 is 2.28 bits per heavy atom. The van der Waals surface area contributed by atoms with E-state index in [1.54, 1.807) is 37.3 Å². The van der Waals surface area contributed by atoms with Crippen LogP contribution in [0.2, 0.25) is 0 Å². The zero-order valence-electron chi connectivity index (χ0n) is 24.1. The Hall–Kier alpha value is -3.74. The molecule has 0 radical (unpaired) electrons. The Kier molecular flexibility index (Phi) is 9.33. The number of alkyl halides is 3. The topological polar surface area (TPSA) is 102 Å². The number of fused-ring (bicyclic) bond motifs is 1. The van der Waals surface area contributed by atoms with Crippen molar-refractivity contribution in [3.05, 3.63) is 95.1 Å². The third kappa shape index (κ3) is 6.92. The van der Waals surface area contributed by atoms with Gasteiger partial charge in [-0.1, -0.05) is 55.5 Å². The van der Waals surface area contributed by atoms with Gasteiger partial charge in [-0.05, 0) is 53.4 Å². The molecule has 1 aliphatic heterocycles. The molecule has 2 amide bonds. The molecule has 3 aromatic rings. The predicted molar refractivity (Wildman–Crippen MR) is 154 cm³/mol. The molecule has 3 atom stereocenters. The summed E-state index contributed by atoms with van der Waals surface area (Å²) < 4.78 is 77.4. The molecular weight excluding hydrogens is 585 g/mol. The maximum absolute atomic E-state index is 14.2. The SMILES string of the molecule is COCC(C)C(=O)N1Cc2cc(S(C)(=O)=O)ccc2C1C(=O)Nc1ccc(C(C)(OCc2ccccc2)C(F)(F)F)cc1. The van der Waals surface area contributed by atoms with Crippen molar-refractivity contribution >= 4 is 27.3 Å². The van der Waals surface area contributed by atoms with E-state index < -0.39 is 39.5 Å². The van der Waals surface area contributed by atoms with Crippen molar-refractivity contribution in [2.24, 2.45) is 5.92 Å². The van der Waals surface area contributed by atoms with E-state index in [-0.39, 0.29) is 41.8 Å². The molecule has 8 nitrogen and oxygen atoms in total. The lowest BCUT2D eigenvalue weighted by Gasteiger charge is -2.33. The van der Waals surface area contributed by atoms with Gasteiger partial charge < -0.3 is 19.7 Å². The molecule has 43 heavy (non-hydrogen) atoms. The van der Waals surface area contributed by atoms with Crippen molar-refractivity contribution in [1.29, 1.82) is 0 Å². The second kappa shape index (κ2) is 12.5. The van der Waals surface area contributed by atoms with Crippen LogP contribution >= 0.6 is 0 Å². The average Bonchev–Trinajstić information content (AvgIpc) is 3.34. The zero-order valence-corrected chi connectivity index (χ0v) is 25.0. The normalized spacial score (nSPS) is 17.2. The first-order valence-corrected chi connectivity index (χ1v) is 15.3. The third-order valence-corrected chi connectivity index (χ3v) is 8.58. The molecule has 0 aliphatic carbocycles. The molecule has 0 aromatic heterocycles. The molecule has 1 aliphatic rings. The molecule has 12 heteroatoms. The second-order valence-electron chi connectivity index (χ2n) is 10.7. The Morgan fingerprint density at radius 2 is 1.70 bits per heavy atom. The summed E-state index contributed by atoms with van der Waals surface area (Å²) in [5.74, 6) is -1.55. The number of sulfone groups is 1. The zero-order chi connectivity index (χ0) is 31.6. The standard InChI is InChI=1S/C31H33F3N2O6S/c1-20(18-41-3)29(38)36-17-22-16-25(43(4,39)40)14-15-26(22)27(36)28(37)35-24-12-10-23(11-13-24)30(2,31(32,33)34)42-19-21-8-6-5-7-9-21/h5-16,20,27H,17-19H2,1-4H3,(H,35,37). The van der Waals surface area contributed by atoms with Gasteiger partial charge in [0, 0.05) is 25.6 Å². The Labute approximate surface area is 248 Å². The first-order valence-electron chi connectivity index (χ1n) is 13.4. The van der Waals surface area contributed by atoms with E-state index in [4.69, 9.17) is 9.47 Å². The quantitative estimate of drug-likeness (QED) is 0.327. The maximum Gasteiger partial charge on any atom is 0.421 e. The van der Waals surface area contributed by atoms with Gasteiger partial charge in [0.1, 0.15) is 6.04 Å². The van der Waals surface area contributed by atoms with E-state index in [1.165, 1.54) is 54.5 Å². The van der Waals surface area contributed by atoms with Crippen LogP contribution in [0.5, 0.6) is 0 Å². The van der Waals surface area contributed by atoms with Crippen molar-refractivity contribution < 1.29 is 40.7 Å². The largest absolute Gasteiger partial charge is 0.421 e. The fourth-order valence-electron chi connectivity index (χ4n) is 4.96. The fraction of sp³-hybridized carbons (Fsp3) is 0.355. The number of hydrogen-bond donors (Lipinski definition) is 1. The molecule has 0 bridgehead atoms. The highest BCUT2D eigenvalue weighted by atomic mass is 32.2. The molecule has 4 rings (SSSR count). The van der Waals surface area contributed by atoms with Gasteiger partial charge in [0.15, 0.2) is 15.4 Å². The summed E-state index contributed by atoms with van der Waals surface area (Å²) in [4.78, 5) is 28.3. The van der Waals surface area contributed by atoms with Crippen LogP contribution in [0.25, 0.3) is 0 Å².